The highest BCUT2D eigenvalue weighted by Gasteiger charge is 2.22. The van der Waals surface area contributed by atoms with Gasteiger partial charge in [-0.1, -0.05) is 55.6 Å². The first-order valence-electron chi connectivity index (χ1n) is 10.4. The minimum Gasteiger partial charge on any atom is -0.392 e. The first-order valence-corrected chi connectivity index (χ1v) is 10.4. The van der Waals surface area contributed by atoms with Crippen molar-refractivity contribution in [1.29, 1.82) is 0 Å². The van der Waals surface area contributed by atoms with E-state index in [0.29, 0.717) is 5.92 Å². The molecule has 2 amide bonds. The number of hydrogen-bond acceptors (Lipinski definition) is 3. The molecule has 5 heteroatoms. The smallest absolute Gasteiger partial charge is 0.314 e. The Morgan fingerprint density at radius 1 is 1.17 bits per heavy atom. The molecule has 29 heavy (non-hydrogen) atoms. The quantitative estimate of drug-likeness (QED) is 0.796. The summed E-state index contributed by atoms with van der Waals surface area (Å²) in [6.45, 7) is 13.6. The number of aliphatic hydroxyl groups is 1. The molecule has 1 saturated heterocycles. The first kappa shape index (κ1) is 22.9. The SMILES string of the molecule is C=CC1=C(C=C)CN(CC(C)O)CC1.NC(=O)N1CCC(c2ccccc2)CC1. The third-order valence-electron chi connectivity index (χ3n) is 5.60. The fourth-order valence-corrected chi connectivity index (χ4v) is 3.98. The molecule has 0 aliphatic carbocycles. The van der Waals surface area contributed by atoms with Crippen LogP contribution in [-0.4, -0.2) is 59.8 Å². The molecular formula is C24H35N3O2. The van der Waals surface area contributed by atoms with Gasteiger partial charge in [-0.15, -0.1) is 0 Å². The van der Waals surface area contributed by atoms with E-state index in [0.717, 1.165) is 52.0 Å². The Hall–Kier alpha value is -2.37. The molecule has 2 aliphatic heterocycles. The van der Waals surface area contributed by atoms with Gasteiger partial charge in [0.1, 0.15) is 0 Å². The van der Waals surface area contributed by atoms with E-state index in [2.05, 4.69) is 42.3 Å². The van der Waals surface area contributed by atoms with Gasteiger partial charge in [0.2, 0.25) is 0 Å². The summed E-state index contributed by atoms with van der Waals surface area (Å²) in [5.74, 6) is 0.585. The summed E-state index contributed by atoms with van der Waals surface area (Å²) in [4.78, 5) is 14.9. The van der Waals surface area contributed by atoms with Gasteiger partial charge in [-0.2, -0.15) is 0 Å². The number of nitrogens with zero attached hydrogens (tertiary/aromatic N) is 2. The lowest BCUT2D eigenvalue weighted by atomic mass is 9.90. The van der Waals surface area contributed by atoms with Crippen LogP contribution in [0.2, 0.25) is 0 Å². The van der Waals surface area contributed by atoms with Crippen molar-refractivity contribution in [3.63, 3.8) is 0 Å². The van der Waals surface area contributed by atoms with Crippen LogP contribution in [0.3, 0.4) is 0 Å². The van der Waals surface area contributed by atoms with Crippen LogP contribution in [0.4, 0.5) is 4.79 Å². The molecule has 0 saturated carbocycles. The van der Waals surface area contributed by atoms with Gasteiger partial charge >= 0.3 is 6.03 Å². The van der Waals surface area contributed by atoms with Crippen LogP contribution >= 0.6 is 0 Å². The molecule has 1 aromatic carbocycles. The van der Waals surface area contributed by atoms with E-state index >= 15 is 0 Å². The van der Waals surface area contributed by atoms with Crippen LogP contribution in [0, 0.1) is 0 Å². The topological polar surface area (TPSA) is 69.8 Å². The third-order valence-corrected chi connectivity index (χ3v) is 5.60. The maximum absolute atomic E-state index is 10.9. The van der Waals surface area contributed by atoms with Gasteiger partial charge in [0.25, 0.3) is 0 Å². The van der Waals surface area contributed by atoms with E-state index in [9.17, 15) is 9.90 Å². The Morgan fingerprint density at radius 2 is 1.79 bits per heavy atom. The second kappa shape index (κ2) is 11.6. The van der Waals surface area contributed by atoms with Crippen LogP contribution in [0.25, 0.3) is 0 Å². The lowest BCUT2D eigenvalue weighted by Crippen LogP contribution is -2.41. The number of nitrogens with two attached hydrogens (primary N) is 1. The van der Waals surface area contributed by atoms with Gasteiger partial charge in [0.05, 0.1) is 6.10 Å². The molecule has 5 nitrogen and oxygen atoms in total. The van der Waals surface area contributed by atoms with E-state index < -0.39 is 0 Å². The first-order chi connectivity index (χ1) is 13.9. The summed E-state index contributed by atoms with van der Waals surface area (Å²) >= 11 is 0. The van der Waals surface area contributed by atoms with Crippen LogP contribution < -0.4 is 5.73 Å². The van der Waals surface area contributed by atoms with Crippen molar-refractivity contribution in [2.75, 3.05) is 32.7 Å². The predicted molar refractivity (Wildman–Crippen MR) is 120 cm³/mol. The van der Waals surface area contributed by atoms with E-state index in [1.807, 2.05) is 25.1 Å². The van der Waals surface area contributed by atoms with Gasteiger partial charge in [0.15, 0.2) is 0 Å². The summed E-state index contributed by atoms with van der Waals surface area (Å²) in [5, 5.41) is 9.28. The number of carbonyl (C=O) groups excluding carboxylic acids is 1. The van der Waals surface area contributed by atoms with Gasteiger partial charge in [-0.25, -0.2) is 4.79 Å². The van der Waals surface area contributed by atoms with Gasteiger partial charge < -0.3 is 15.7 Å². The number of allylic oxidation sites excluding steroid dienone is 1. The summed E-state index contributed by atoms with van der Waals surface area (Å²) in [6.07, 6.45) is 6.60. The molecule has 0 bridgehead atoms. The molecule has 158 valence electrons. The number of rotatable bonds is 5. The number of benzene rings is 1. The molecule has 1 fully saturated rings. The number of amides is 2. The average Bonchev–Trinajstić information content (AvgIpc) is 2.74. The number of primary amides is 1. The fourth-order valence-electron chi connectivity index (χ4n) is 3.98. The zero-order valence-electron chi connectivity index (χ0n) is 17.6. The maximum Gasteiger partial charge on any atom is 0.314 e. The number of β-amino-alcohol motifs (C(OH)–C–C–N with tert-alkyl or cyclic N) is 1. The summed E-state index contributed by atoms with van der Waals surface area (Å²) in [7, 11) is 0. The van der Waals surface area contributed by atoms with Crippen molar-refractivity contribution in [3.05, 3.63) is 72.4 Å². The Labute approximate surface area is 175 Å². The number of hydrogen-bond donors (Lipinski definition) is 2. The minimum atomic E-state index is -0.290. The van der Waals surface area contributed by atoms with Crippen molar-refractivity contribution in [3.8, 4) is 0 Å². The molecule has 1 aromatic rings. The largest absolute Gasteiger partial charge is 0.392 e. The molecule has 1 atom stereocenters. The molecule has 0 aromatic heterocycles. The Bertz CT molecular complexity index is 704. The van der Waals surface area contributed by atoms with Crippen molar-refractivity contribution in [2.24, 2.45) is 5.73 Å². The highest BCUT2D eigenvalue weighted by molar-refractivity contribution is 5.72. The molecule has 2 aliphatic rings. The lowest BCUT2D eigenvalue weighted by Gasteiger charge is -2.30. The molecular weight excluding hydrogens is 362 g/mol. The van der Waals surface area contributed by atoms with E-state index in [1.54, 1.807) is 4.90 Å². The highest BCUT2D eigenvalue weighted by Crippen LogP contribution is 2.27. The van der Waals surface area contributed by atoms with E-state index in [4.69, 9.17) is 5.73 Å². The number of carbonyl (C=O) groups is 1. The van der Waals surface area contributed by atoms with Crippen LogP contribution in [0.5, 0.6) is 0 Å². The van der Waals surface area contributed by atoms with Gasteiger partial charge in [0, 0.05) is 32.7 Å². The second-order valence-electron chi connectivity index (χ2n) is 7.80. The summed E-state index contributed by atoms with van der Waals surface area (Å²) in [6, 6.07) is 10.2. The fraction of sp³-hybridized carbons (Fsp3) is 0.458. The van der Waals surface area contributed by atoms with Crippen molar-refractivity contribution >= 4 is 6.03 Å². The molecule has 3 N–H and O–H groups in total. The summed E-state index contributed by atoms with van der Waals surface area (Å²) < 4.78 is 0. The molecule has 2 heterocycles. The Kier molecular flexibility index (Phi) is 9.16. The second-order valence-corrected chi connectivity index (χ2v) is 7.80. The van der Waals surface area contributed by atoms with E-state index in [-0.39, 0.29) is 12.1 Å². The Balaban J connectivity index is 0.000000208. The minimum absolute atomic E-state index is 0.258. The number of likely N-dealkylation sites (tertiary alicyclic amines) is 1. The predicted octanol–water partition coefficient (Wildman–Crippen LogP) is 3.69. The third kappa shape index (κ3) is 7.18. The number of aliphatic hydroxyl groups excluding tert-OH is 1. The maximum atomic E-state index is 10.9. The molecule has 1 unspecified atom stereocenters. The molecule has 3 rings (SSSR count). The van der Waals surface area contributed by atoms with Crippen molar-refractivity contribution < 1.29 is 9.90 Å². The number of urea groups is 1. The lowest BCUT2D eigenvalue weighted by molar-refractivity contribution is 0.130. The Morgan fingerprint density at radius 3 is 2.31 bits per heavy atom. The van der Waals surface area contributed by atoms with Crippen LogP contribution in [-0.2, 0) is 0 Å². The zero-order chi connectivity index (χ0) is 21.2. The monoisotopic (exact) mass is 397 g/mol. The normalized spacial score (nSPS) is 19.2. The molecule has 0 spiro atoms. The van der Waals surface area contributed by atoms with Gasteiger partial charge in [-0.05, 0) is 48.8 Å². The van der Waals surface area contributed by atoms with Crippen LogP contribution in [0.1, 0.15) is 37.7 Å². The highest BCUT2D eigenvalue weighted by atomic mass is 16.3. The average molecular weight is 398 g/mol. The number of piperidine rings is 1. The van der Waals surface area contributed by atoms with Crippen LogP contribution in [0.15, 0.2) is 66.8 Å². The molecule has 0 radical (unpaired) electrons. The van der Waals surface area contributed by atoms with Crippen molar-refractivity contribution in [1.82, 2.24) is 9.80 Å². The zero-order valence-corrected chi connectivity index (χ0v) is 17.6. The van der Waals surface area contributed by atoms with E-state index in [1.165, 1.54) is 16.7 Å². The van der Waals surface area contributed by atoms with Gasteiger partial charge in [-0.3, -0.25) is 4.90 Å². The standard InChI is InChI=1S/C12H16N2O.C12H19NO/c13-12(15)14-8-6-11(7-9-14)10-4-2-1-3-5-10;1-4-11-6-7-13(8-10(3)14)9-12(11)5-2/h1-5,11H,6-9H2,(H2,13,15);4-5,10,14H,1-2,6-9H2,3H3. The summed E-state index contributed by atoms with van der Waals surface area (Å²) in [5.41, 5.74) is 9.15. The van der Waals surface area contributed by atoms with Crippen molar-refractivity contribution in [2.45, 2.75) is 38.2 Å².